The third kappa shape index (κ3) is 3.73. The van der Waals surface area contributed by atoms with Crippen LogP contribution < -0.4 is 9.80 Å². The monoisotopic (exact) mass is 371 g/mol. The summed E-state index contributed by atoms with van der Waals surface area (Å²) in [6.45, 7) is 2.76. The second-order valence-corrected chi connectivity index (χ2v) is 6.88. The molecule has 27 heavy (non-hydrogen) atoms. The maximum Gasteiger partial charge on any atom is 0.231 e. The Bertz CT molecular complexity index is 742. The predicted octanol–water partition coefficient (Wildman–Crippen LogP) is 0.697. The van der Waals surface area contributed by atoms with Gasteiger partial charge in [-0.25, -0.2) is 0 Å². The topological polar surface area (TPSA) is 94.8 Å². The van der Waals surface area contributed by atoms with Gasteiger partial charge in [-0.3, -0.25) is 0 Å². The van der Waals surface area contributed by atoms with Crippen LogP contribution in [0.3, 0.4) is 0 Å². The lowest BCUT2D eigenvalue weighted by atomic mass is 10.2. The van der Waals surface area contributed by atoms with E-state index in [1.165, 1.54) is 0 Å². The van der Waals surface area contributed by atoms with Gasteiger partial charge in [-0.15, -0.1) is 0 Å². The van der Waals surface area contributed by atoms with Gasteiger partial charge in [-0.05, 0) is 12.8 Å². The highest BCUT2D eigenvalue weighted by Crippen LogP contribution is 2.30. The second-order valence-electron chi connectivity index (χ2n) is 6.88. The highest BCUT2D eigenvalue weighted by atomic mass is 16.5. The van der Waals surface area contributed by atoms with E-state index in [9.17, 15) is 10.2 Å². The molecule has 144 valence electrons. The van der Waals surface area contributed by atoms with Crippen LogP contribution in [0.15, 0.2) is 30.3 Å². The molecule has 2 aliphatic heterocycles. The SMILES string of the molecule is OCC1CCC(CO)N1c1nc(-c2ccccc2)nc(N2CCOCC2)n1. The van der Waals surface area contributed by atoms with Crippen molar-refractivity contribution in [3.05, 3.63) is 30.3 Å². The number of hydrogen-bond donors (Lipinski definition) is 2. The molecule has 3 heterocycles. The van der Waals surface area contributed by atoms with E-state index in [1.54, 1.807) is 0 Å². The van der Waals surface area contributed by atoms with Gasteiger partial charge in [0, 0.05) is 18.7 Å². The van der Waals surface area contributed by atoms with Crippen molar-refractivity contribution in [2.75, 3.05) is 49.3 Å². The van der Waals surface area contributed by atoms with Crippen LogP contribution in [0.5, 0.6) is 0 Å². The summed E-state index contributed by atoms with van der Waals surface area (Å²) in [5.41, 5.74) is 0.913. The summed E-state index contributed by atoms with van der Waals surface area (Å²) in [6, 6.07) is 9.62. The molecule has 8 nitrogen and oxygen atoms in total. The lowest BCUT2D eigenvalue weighted by molar-refractivity contribution is 0.122. The molecule has 2 fully saturated rings. The van der Waals surface area contributed by atoms with Crippen LogP contribution in [-0.4, -0.2) is 76.8 Å². The lowest BCUT2D eigenvalue weighted by Crippen LogP contribution is -2.42. The first-order chi connectivity index (χ1) is 13.3. The number of nitrogens with zero attached hydrogens (tertiary/aromatic N) is 5. The van der Waals surface area contributed by atoms with Crippen molar-refractivity contribution in [3.8, 4) is 11.4 Å². The Kier molecular flexibility index (Phi) is 5.47. The molecule has 1 aromatic heterocycles. The third-order valence-corrected chi connectivity index (χ3v) is 5.21. The Morgan fingerprint density at radius 1 is 0.889 bits per heavy atom. The van der Waals surface area contributed by atoms with Crippen molar-refractivity contribution in [1.82, 2.24) is 15.0 Å². The zero-order valence-corrected chi connectivity index (χ0v) is 15.2. The van der Waals surface area contributed by atoms with Gasteiger partial charge in [0.2, 0.25) is 11.9 Å². The molecule has 1 aromatic carbocycles. The first kappa shape index (κ1) is 18.1. The molecular weight excluding hydrogens is 346 g/mol. The average molecular weight is 371 g/mol. The normalized spacial score (nSPS) is 23.0. The lowest BCUT2D eigenvalue weighted by Gasteiger charge is -2.31. The largest absolute Gasteiger partial charge is 0.394 e. The number of morpholine rings is 1. The van der Waals surface area contributed by atoms with Crippen LogP contribution in [0.4, 0.5) is 11.9 Å². The van der Waals surface area contributed by atoms with E-state index in [2.05, 4.69) is 4.90 Å². The molecule has 4 rings (SSSR count). The highest BCUT2D eigenvalue weighted by molar-refractivity contribution is 5.59. The van der Waals surface area contributed by atoms with Gasteiger partial charge in [0.25, 0.3) is 0 Å². The van der Waals surface area contributed by atoms with E-state index in [1.807, 2.05) is 35.2 Å². The third-order valence-electron chi connectivity index (χ3n) is 5.21. The molecule has 0 saturated carbocycles. The standard InChI is InChI=1S/C19H25N5O3/c25-12-15-6-7-16(13-26)24(15)19-21-17(14-4-2-1-3-5-14)20-18(22-19)23-8-10-27-11-9-23/h1-5,15-16,25-26H,6-13H2. The van der Waals surface area contributed by atoms with Crippen molar-refractivity contribution in [3.63, 3.8) is 0 Å². The van der Waals surface area contributed by atoms with Crippen LogP contribution in [0, 0.1) is 0 Å². The van der Waals surface area contributed by atoms with Crippen molar-refractivity contribution < 1.29 is 14.9 Å². The molecule has 0 amide bonds. The zero-order valence-electron chi connectivity index (χ0n) is 15.2. The molecule has 8 heteroatoms. The van der Waals surface area contributed by atoms with Crippen LogP contribution in [-0.2, 0) is 4.74 Å². The van der Waals surface area contributed by atoms with Crippen molar-refractivity contribution in [1.29, 1.82) is 0 Å². The fourth-order valence-electron chi connectivity index (χ4n) is 3.74. The fourth-order valence-corrected chi connectivity index (χ4v) is 3.74. The Hall–Kier alpha value is -2.29. The van der Waals surface area contributed by atoms with Gasteiger partial charge >= 0.3 is 0 Å². The molecule has 0 bridgehead atoms. The summed E-state index contributed by atoms with van der Waals surface area (Å²) in [5.74, 6) is 1.73. The van der Waals surface area contributed by atoms with Gasteiger partial charge < -0.3 is 24.7 Å². The van der Waals surface area contributed by atoms with Gasteiger partial charge in [-0.1, -0.05) is 30.3 Å². The van der Waals surface area contributed by atoms with E-state index < -0.39 is 0 Å². The first-order valence-corrected chi connectivity index (χ1v) is 9.44. The molecule has 2 saturated heterocycles. The van der Waals surface area contributed by atoms with Crippen LogP contribution in [0.1, 0.15) is 12.8 Å². The molecule has 2 unspecified atom stereocenters. The fraction of sp³-hybridized carbons (Fsp3) is 0.526. The minimum atomic E-state index is -0.0919. The van der Waals surface area contributed by atoms with Crippen molar-refractivity contribution in [2.24, 2.45) is 0 Å². The minimum absolute atomic E-state index is 0.00966. The predicted molar refractivity (Wildman–Crippen MR) is 102 cm³/mol. The summed E-state index contributed by atoms with van der Waals surface area (Å²) in [7, 11) is 0. The van der Waals surface area contributed by atoms with E-state index in [4.69, 9.17) is 19.7 Å². The maximum atomic E-state index is 9.79. The van der Waals surface area contributed by atoms with E-state index >= 15 is 0 Å². The maximum absolute atomic E-state index is 9.79. The number of aliphatic hydroxyl groups excluding tert-OH is 2. The Morgan fingerprint density at radius 2 is 1.52 bits per heavy atom. The second kappa shape index (κ2) is 8.16. The molecule has 0 aliphatic carbocycles. The van der Waals surface area contributed by atoms with Gasteiger partial charge in [0.15, 0.2) is 5.82 Å². The first-order valence-electron chi connectivity index (χ1n) is 9.44. The van der Waals surface area contributed by atoms with Gasteiger partial charge in [-0.2, -0.15) is 15.0 Å². The zero-order chi connectivity index (χ0) is 18.6. The van der Waals surface area contributed by atoms with Crippen LogP contribution in [0.25, 0.3) is 11.4 Å². The van der Waals surface area contributed by atoms with Gasteiger partial charge in [0.05, 0.1) is 38.5 Å². The summed E-state index contributed by atoms with van der Waals surface area (Å²) in [5, 5.41) is 19.6. The van der Waals surface area contributed by atoms with Gasteiger partial charge in [0.1, 0.15) is 0 Å². The summed E-state index contributed by atoms with van der Waals surface area (Å²) in [6.07, 6.45) is 1.61. The van der Waals surface area contributed by atoms with E-state index in [-0.39, 0.29) is 25.3 Å². The number of hydrogen-bond acceptors (Lipinski definition) is 8. The molecule has 2 atom stereocenters. The number of anilines is 2. The molecule has 2 aliphatic rings. The minimum Gasteiger partial charge on any atom is -0.394 e. The number of aliphatic hydroxyl groups is 2. The summed E-state index contributed by atoms with van der Waals surface area (Å²) >= 11 is 0. The Morgan fingerprint density at radius 3 is 2.15 bits per heavy atom. The van der Waals surface area contributed by atoms with Crippen LogP contribution >= 0.6 is 0 Å². The molecule has 0 radical (unpaired) electrons. The van der Waals surface area contributed by atoms with Crippen molar-refractivity contribution in [2.45, 2.75) is 24.9 Å². The van der Waals surface area contributed by atoms with Crippen molar-refractivity contribution >= 4 is 11.9 Å². The number of rotatable bonds is 5. The van der Waals surface area contributed by atoms with Crippen LogP contribution in [0.2, 0.25) is 0 Å². The quantitative estimate of drug-likeness (QED) is 0.793. The number of ether oxygens (including phenoxy) is 1. The summed E-state index contributed by atoms with van der Waals surface area (Å²) < 4.78 is 5.45. The smallest absolute Gasteiger partial charge is 0.231 e. The number of benzene rings is 1. The molecule has 0 spiro atoms. The highest BCUT2D eigenvalue weighted by Gasteiger charge is 2.35. The summed E-state index contributed by atoms with van der Waals surface area (Å²) in [4.78, 5) is 18.2. The average Bonchev–Trinajstić information content (AvgIpc) is 3.18. The molecule has 2 aromatic rings. The Balaban J connectivity index is 1.77. The number of aromatic nitrogens is 3. The van der Waals surface area contributed by atoms with E-state index in [0.717, 1.165) is 31.5 Å². The molecular formula is C19H25N5O3. The Labute approximate surface area is 158 Å². The van der Waals surface area contributed by atoms with E-state index in [0.29, 0.717) is 30.9 Å². The molecule has 2 N–H and O–H groups in total.